The Morgan fingerprint density at radius 1 is 1.39 bits per heavy atom. The molecule has 0 spiro atoms. The van der Waals surface area contributed by atoms with Gasteiger partial charge in [-0.1, -0.05) is 0 Å². The largest absolute Gasteiger partial charge is 0.490 e. The van der Waals surface area contributed by atoms with Gasteiger partial charge >= 0.3 is 6.61 Å². The molecular weight excluding hydrogens is 268 g/mol. The van der Waals surface area contributed by atoms with Crippen LogP contribution in [-0.2, 0) is 14.6 Å². The molecule has 0 aliphatic heterocycles. The van der Waals surface area contributed by atoms with Gasteiger partial charge in [-0.2, -0.15) is 8.78 Å². The Morgan fingerprint density at radius 3 is 2.61 bits per heavy atom. The van der Waals surface area contributed by atoms with Gasteiger partial charge in [-0.25, -0.2) is 8.42 Å². The van der Waals surface area contributed by atoms with Crippen molar-refractivity contribution in [3.63, 3.8) is 0 Å². The summed E-state index contributed by atoms with van der Waals surface area (Å²) in [4.78, 5) is 3.92. The molecule has 0 saturated carbocycles. The average molecular weight is 281 g/mol. The molecule has 0 aliphatic rings. The van der Waals surface area contributed by atoms with Crippen molar-refractivity contribution in [1.29, 1.82) is 0 Å². The van der Waals surface area contributed by atoms with Gasteiger partial charge in [0.05, 0.1) is 23.4 Å². The third-order valence-corrected chi connectivity index (χ3v) is 3.22. The molecule has 0 aliphatic carbocycles. The Morgan fingerprint density at radius 2 is 2.06 bits per heavy atom. The van der Waals surface area contributed by atoms with Crippen LogP contribution in [0, 0.1) is 6.92 Å². The van der Waals surface area contributed by atoms with E-state index in [-0.39, 0.29) is 23.9 Å². The van der Waals surface area contributed by atoms with Crippen LogP contribution in [0.2, 0.25) is 0 Å². The fourth-order valence-corrected chi connectivity index (χ4v) is 2.17. The Hall–Kier alpha value is -1.28. The van der Waals surface area contributed by atoms with Gasteiger partial charge in [0.2, 0.25) is 0 Å². The molecule has 0 N–H and O–H groups in total. The summed E-state index contributed by atoms with van der Waals surface area (Å²) in [5.41, 5.74) is 0.355. The number of halogens is 2. The summed E-state index contributed by atoms with van der Waals surface area (Å²) in [6, 6.07) is 1.31. The maximum Gasteiger partial charge on any atom is 0.345 e. The van der Waals surface area contributed by atoms with Gasteiger partial charge in [0, 0.05) is 12.3 Å². The number of sulfone groups is 1. The van der Waals surface area contributed by atoms with Crippen molar-refractivity contribution < 1.29 is 26.7 Å². The van der Waals surface area contributed by atoms with E-state index in [0.29, 0.717) is 5.69 Å². The monoisotopic (exact) mass is 281 g/mol. The topological polar surface area (TPSA) is 65.5 Å². The number of ether oxygens (including phenoxy) is 2. The summed E-state index contributed by atoms with van der Waals surface area (Å²) in [5, 5.41) is 0. The lowest BCUT2D eigenvalue weighted by Gasteiger charge is -2.08. The number of pyridine rings is 1. The molecule has 1 heterocycles. The van der Waals surface area contributed by atoms with Crippen molar-refractivity contribution in [1.82, 2.24) is 4.98 Å². The second-order valence-electron chi connectivity index (χ2n) is 3.51. The minimum absolute atomic E-state index is 0.0507. The van der Waals surface area contributed by atoms with Crippen molar-refractivity contribution in [2.75, 3.05) is 19.5 Å². The van der Waals surface area contributed by atoms with Gasteiger partial charge in [0.25, 0.3) is 0 Å². The van der Waals surface area contributed by atoms with Crippen LogP contribution >= 0.6 is 0 Å². The van der Waals surface area contributed by atoms with Crippen LogP contribution in [-0.4, -0.2) is 39.5 Å². The lowest BCUT2D eigenvalue weighted by atomic mass is 10.4. The fourth-order valence-electron chi connectivity index (χ4n) is 1.25. The molecule has 5 nitrogen and oxygen atoms in total. The Bertz CT molecular complexity index is 505. The van der Waals surface area contributed by atoms with Crippen molar-refractivity contribution >= 4 is 9.84 Å². The highest BCUT2D eigenvalue weighted by atomic mass is 32.2. The van der Waals surface area contributed by atoms with E-state index >= 15 is 0 Å². The first-order valence-corrected chi connectivity index (χ1v) is 6.89. The van der Waals surface area contributed by atoms with Crippen LogP contribution in [0.5, 0.6) is 5.75 Å². The molecule has 1 aromatic rings. The first kappa shape index (κ1) is 14.8. The molecule has 102 valence electrons. The number of nitrogens with zero attached hydrogens (tertiary/aromatic N) is 1. The summed E-state index contributed by atoms with van der Waals surface area (Å²) in [5.74, 6) is 0.193. The molecule has 0 amide bonds. The zero-order valence-corrected chi connectivity index (χ0v) is 10.7. The highest BCUT2D eigenvalue weighted by Gasteiger charge is 2.13. The maximum atomic E-state index is 11.7. The zero-order valence-electron chi connectivity index (χ0n) is 9.89. The lowest BCUT2D eigenvalue weighted by molar-refractivity contribution is -0.133. The zero-order chi connectivity index (χ0) is 13.8. The smallest absolute Gasteiger partial charge is 0.345 e. The van der Waals surface area contributed by atoms with E-state index < -0.39 is 16.4 Å². The van der Waals surface area contributed by atoms with E-state index in [2.05, 4.69) is 9.72 Å². The van der Waals surface area contributed by atoms with Crippen LogP contribution in [0.15, 0.2) is 17.2 Å². The number of hydrogen-bond donors (Lipinski definition) is 0. The van der Waals surface area contributed by atoms with Gasteiger partial charge < -0.3 is 9.47 Å². The van der Waals surface area contributed by atoms with Gasteiger partial charge in [-0.05, 0) is 6.92 Å². The first-order chi connectivity index (χ1) is 8.30. The SMILES string of the molecule is Cc1ncc(OCCOC(F)F)cc1S(C)(=O)=O. The molecule has 1 aromatic heterocycles. The normalized spacial score (nSPS) is 11.8. The Labute approximate surface area is 104 Å². The van der Waals surface area contributed by atoms with Crippen LogP contribution in [0.1, 0.15) is 5.69 Å². The summed E-state index contributed by atoms with van der Waals surface area (Å²) in [6.07, 6.45) is 2.38. The molecule has 18 heavy (non-hydrogen) atoms. The fraction of sp³-hybridized carbons (Fsp3) is 0.500. The van der Waals surface area contributed by atoms with E-state index in [9.17, 15) is 17.2 Å². The second-order valence-corrected chi connectivity index (χ2v) is 5.49. The van der Waals surface area contributed by atoms with Crippen LogP contribution in [0.25, 0.3) is 0 Å². The Balaban J connectivity index is 2.69. The number of aryl methyl sites for hydroxylation is 1. The third-order valence-electron chi connectivity index (χ3n) is 2.01. The molecule has 0 radical (unpaired) electrons. The molecular formula is C10H13F2NO4S. The van der Waals surface area contributed by atoms with Crippen molar-refractivity contribution in [3.8, 4) is 5.75 Å². The molecule has 8 heteroatoms. The standard InChI is InChI=1S/C10H13F2NO4S/c1-7-9(18(2,14)15)5-8(6-13-7)16-3-4-17-10(11)12/h5-6,10H,3-4H2,1-2H3. The highest BCUT2D eigenvalue weighted by Crippen LogP contribution is 2.19. The van der Waals surface area contributed by atoms with E-state index in [4.69, 9.17) is 4.74 Å². The van der Waals surface area contributed by atoms with E-state index in [1.54, 1.807) is 6.92 Å². The first-order valence-electron chi connectivity index (χ1n) is 5.00. The van der Waals surface area contributed by atoms with E-state index in [0.717, 1.165) is 6.26 Å². The van der Waals surface area contributed by atoms with Gasteiger partial charge in [0.1, 0.15) is 12.4 Å². The predicted molar refractivity (Wildman–Crippen MR) is 59.5 cm³/mol. The van der Waals surface area contributed by atoms with Crippen molar-refractivity contribution in [3.05, 3.63) is 18.0 Å². The molecule has 0 aromatic carbocycles. The summed E-state index contributed by atoms with van der Waals surface area (Å²) < 4.78 is 55.2. The molecule has 1 rings (SSSR count). The number of hydrogen-bond acceptors (Lipinski definition) is 5. The minimum Gasteiger partial charge on any atom is -0.490 e. The molecule has 0 saturated heterocycles. The summed E-state index contributed by atoms with van der Waals surface area (Å²) in [7, 11) is -3.39. The predicted octanol–water partition coefficient (Wildman–Crippen LogP) is 1.41. The molecule has 0 atom stereocenters. The summed E-state index contributed by atoms with van der Waals surface area (Å²) >= 11 is 0. The van der Waals surface area contributed by atoms with Crippen LogP contribution in [0.4, 0.5) is 8.78 Å². The average Bonchev–Trinajstić information content (AvgIpc) is 2.24. The van der Waals surface area contributed by atoms with Crippen LogP contribution in [0.3, 0.4) is 0 Å². The lowest BCUT2D eigenvalue weighted by Crippen LogP contribution is -2.10. The van der Waals surface area contributed by atoms with E-state index in [1.807, 2.05) is 0 Å². The summed E-state index contributed by atoms with van der Waals surface area (Å²) in [6.45, 7) is -1.70. The van der Waals surface area contributed by atoms with Crippen molar-refractivity contribution in [2.24, 2.45) is 0 Å². The highest BCUT2D eigenvalue weighted by molar-refractivity contribution is 7.90. The quantitative estimate of drug-likeness (QED) is 0.738. The minimum atomic E-state index is -3.39. The van der Waals surface area contributed by atoms with E-state index in [1.165, 1.54) is 12.3 Å². The molecule has 0 bridgehead atoms. The third kappa shape index (κ3) is 4.53. The Kier molecular flexibility index (Phi) is 4.97. The number of aromatic nitrogens is 1. The maximum absolute atomic E-state index is 11.7. The van der Waals surface area contributed by atoms with Gasteiger partial charge in [0.15, 0.2) is 9.84 Å². The number of alkyl halides is 2. The molecule has 0 unspecified atom stereocenters. The van der Waals surface area contributed by atoms with Gasteiger partial charge in [-0.3, -0.25) is 4.98 Å². The van der Waals surface area contributed by atoms with Crippen molar-refractivity contribution in [2.45, 2.75) is 18.4 Å². The molecule has 0 fully saturated rings. The second kappa shape index (κ2) is 6.05. The van der Waals surface area contributed by atoms with Gasteiger partial charge in [-0.15, -0.1) is 0 Å². The number of rotatable bonds is 6. The van der Waals surface area contributed by atoms with Crippen LogP contribution < -0.4 is 4.74 Å².